The molecule has 2 unspecified atom stereocenters. The van der Waals surface area contributed by atoms with E-state index < -0.39 is 25.8 Å². The van der Waals surface area contributed by atoms with Gasteiger partial charge in [0.25, 0.3) is 0 Å². The summed E-state index contributed by atoms with van der Waals surface area (Å²) in [4.78, 5) is 0. The van der Waals surface area contributed by atoms with Crippen LogP contribution in [0.15, 0.2) is 113 Å². The molecule has 1 nitrogen and oxygen atoms in total. The first-order valence-corrected chi connectivity index (χ1v) is 24.0. The number of rotatable bonds is 5. The molecule has 2 atom stereocenters. The summed E-state index contributed by atoms with van der Waals surface area (Å²) in [5.74, 6) is 2.04. The van der Waals surface area contributed by atoms with Gasteiger partial charge in [0.2, 0.25) is 0 Å². The van der Waals surface area contributed by atoms with Gasteiger partial charge in [-0.3, -0.25) is 0 Å². The molecule has 206 valence electrons. The number of allylic oxidation sites excluding steroid dienone is 2. The van der Waals surface area contributed by atoms with E-state index in [0.29, 0.717) is 7.25 Å². The number of aryl methyl sites for hydroxylation is 2. The van der Waals surface area contributed by atoms with Gasteiger partial charge in [-0.15, -0.1) is 0 Å². The van der Waals surface area contributed by atoms with Crippen LogP contribution in [0.1, 0.15) is 53.5 Å². The Morgan fingerprint density at radius 3 is 1.98 bits per heavy atom. The fraction of sp³-hybridized carbons (Fsp3) is 0.179. The number of benzene rings is 4. The fourth-order valence-corrected chi connectivity index (χ4v) is 27.5. The maximum absolute atomic E-state index is 6.43. The molecule has 0 aliphatic heterocycles. The van der Waals surface area contributed by atoms with Gasteiger partial charge < -0.3 is 0 Å². The van der Waals surface area contributed by atoms with Gasteiger partial charge in [0.1, 0.15) is 0 Å². The molecule has 0 amide bonds. The van der Waals surface area contributed by atoms with Gasteiger partial charge in [-0.05, 0) is 0 Å². The van der Waals surface area contributed by atoms with Crippen LogP contribution in [0.4, 0.5) is 0 Å². The molecule has 7 rings (SSSR count). The van der Waals surface area contributed by atoms with Gasteiger partial charge in [-0.2, -0.15) is 0 Å². The van der Waals surface area contributed by atoms with Crippen LogP contribution in [0.3, 0.4) is 0 Å². The zero-order valence-corrected chi connectivity index (χ0v) is 28.5. The first kappa shape index (κ1) is 27.6. The second-order valence-electron chi connectivity index (χ2n) is 12.0. The molecule has 0 spiro atoms. The zero-order valence-electron chi connectivity index (χ0n) is 25.0. The van der Waals surface area contributed by atoms with E-state index >= 15 is 0 Å². The van der Waals surface area contributed by atoms with Crippen LogP contribution >= 0.6 is 0 Å². The Morgan fingerprint density at radius 2 is 1.31 bits per heavy atom. The minimum absolute atomic E-state index is 0.458. The van der Waals surface area contributed by atoms with Crippen LogP contribution < -0.4 is 0 Å². The average Bonchev–Trinajstić information content (AvgIpc) is 3.69. The van der Waals surface area contributed by atoms with Crippen LogP contribution in [-0.2, 0) is 20.4 Å². The van der Waals surface area contributed by atoms with Crippen LogP contribution in [0.5, 0.6) is 0 Å². The first-order valence-electron chi connectivity index (χ1n) is 14.9. The molecule has 2 aliphatic carbocycles. The van der Waals surface area contributed by atoms with Gasteiger partial charge in [-0.25, -0.2) is 0 Å². The Balaban J connectivity index is 1.45. The summed E-state index contributed by atoms with van der Waals surface area (Å²) >= 11 is -2.32. The second-order valence-corrected chi connectivity index (χ2v) is 29.9. The molecule has 0 fully saturated rings. The number of fused-ring (bicyclic) bond motifs is 2. The van der Waals surface area contributed by atoms with Crippen molar-refractivity contribution >= 4 is 23.2 Å². The Morgan fingerprint density at radius 1 is 0.619 bits per heavy atom. The molecule has 0 saturated carbocycles. The topological polar surface area (TPSA) is 13.1 Å². The summed E-state index contributed by atoms with van der Waals surface area (Å²) in [6.07, 6.45) is 5.03. The average molecular weight is 640 g/mol. The van der Waals surface area contributed by atoms with Gasteiger partial charge >= 0.3 is 259 Å². The van der Waals surface area contributed by atoms with E-state index in [1.165, 1.54) is 50.1 Å². The SMILES string of the molecule is CC1=Cc2c(-c3ccccc3)cccc2[CH]1[Zr]([CH]1C(c2ccc(C)o2)=Cc2c1ccc(C)c2-c1ccccc1)=[Si](C)C. The van der Waals surface area contributed by atoms with Crippen molar-refractivity contribution in [2.45, 2.75) is 41.1 Å². The van der Waals surface area contributed by atoms with Crippen LogP contribution in [0, 0.1) is 13.8 Å². The van der Waals surface area contributed by atoms with Crippen molar-refractivity contribution in [1.29, 1.82) is 0 Å². The van der Waals surface area contributed by atoms with Gasteiger partial charge in [0.15, 0.2) is 0 Å². The number of hydrogen-bond donors (Lipinski definition) is 0. The third-order valence-electron chi connectivity index (χ3n) is 9.06. The normalized spacial score (nSPS) is 17.0. The van der Waals surface area contributed by atoms with Crippen molar-refractivity contribution in [2.75, 3.05) is 0 Å². The van der Waals surface area contributed by atoms with Crippen molar-refractivity contribution in [3.05, 3.63) is 148 Å². The Kier molecular flexibility index (Phi) is 7.29. The Hall–Kier alpha value is -3.26. The monoisotopic (exact) mass is 638 g/mol. The molecule has 0 radical (unpaired) electrons. The van der Waals surface area contributed by atoms with E-state index in [1.54, 1.807) is 11.1 Å². The second kappa shape index (κ2) is 11.1. The van der Waals surface area contributed by atoms with Crippen molar-refractivity contribution in [1.82, 2.24) is 0 Å². The third kappa shape index (κ3) is 4.62. The first-order chi connectivity index (χ1) is 20.4. The van der Waals surface area contributed by atoms with Gasteiger partial charge in [0, 0.05) is 0 Å². The van der Waals surface area contributed by atoms with Crippen molar-refractivity contribution < 1.29 is 24.8 Å². The summed E-state index contributed by atoms with van der Waals surface area (Å²) in [6, 6.07) is 38.1. The molecule has 5 aromatic rings. The standard InChI is InChI=1S/C21H17O.C16H13.C2H6Si.Zr/c1-14-8-10-17-12-18(20-11-9-15(2)22-20)13-19(17)21(14)16-6-4-3-5-7-16;1-12-10-14-8-5-9-15(16(14)11-12)13-6-3-2-4-7-13;1-3-2;/h3-13H,1-2H3;2-11H,1H3;1-2H3;. The van der Waals surface area contributed by atoms with E-state index in [4.69, 9.17) is 4.42 Å². The van der Waals surface area contributed by atoms with Crippen molar-refractivity contribution in [3.8, 4) is 22.3 Å². The quantitative estimate of drug-likeness (QED) is 0.174. The molecule has 0 N–H and O–H groups in total. The Labute approximate surface area is 257 Å². The molecule has 42 heavy (non-hydrogen) atoms. The fourth-order valence-electron chi connectivity index (χ4n) is 7.26. The number of furan rings is 1. The predicted octanol–water partition coefficient (Wildman–Crippen LogP) is 10.9. The molecule has 2 aliphatic rings. The van der Waals surface area contributed by atoms with Crippen molar-refractivity contribution in [3.63, 3.8) is 0 Å². The van der Waals surface area contributed by atoms with Crippen LogP contribution in [-0.4, -0.2) is 5.43 Å². The van der Waals surface area contributed by atoms with Crippen molar-refractivity contribution in [2.24, 2.45) is 0 Å². The molecule has 0 saturated heterocycles. The molecule has 0 bridgehead atoms. The summed E-state index contributed by atoms with van der Waals surface area (Å²) in [6.45, 7) is 11.9. The van der Waals surface area contributed by atoms with Crippen LogP contribution in [0.25, 0.3) is 40.0 Å². The minimum atomic E-state index is -2.32. The molecule has 4 aromatic carbocycles. The molecular formula is C39H36OSiZr. The van der Waals surface area contributed by atoms with Gasteiger partial charge in [0.05, 0.1) is 0 Å². The van der Waals surface area contributed by atoms with Crippen LogP contribution in [0.2, 0.25) is 13.1 Å². The summed E-state index contributed by atoms with van der Waals surface area (Å²) in [5.41, 5.74) is 15.0. The molecule has 1 heterocycles. The molecule has 1 aromatic heterocycles. The predicted molar refractivity (Wildman–Crippen MR) is 176 cm³/mol. The zero-order chi connectivity index (χ0) is 29.0. The van der Waals surface area contributed by atoms with E-state index in [-0.39, 0.29) is 0 Å². The van der Waals surface area contributed by atoms with E-state index in [1.807, 2.05) is 0 Å². The number of hydrogen-bond acceptors (Lipinski definition) is 1. The Bertz CT molecular complexity index is 1920. The van der Waals surface area contributed by atoms with E-state index in [0.717, 1.165) is 11.5 Å². The summed E-state index contributed by atoms with van der Waals surface area (Å²) in [5, 5.41) is 0. The maximum atomic E-state index is 6.43. The molecular weight excluding hydrogens is 604 g/mol. The van der Waals surface area contributed by atoms with Gasteiger partial charge in [-0.1, -0.05) is 0 Å². The molecule has 3 heteroatoms. The van der Waals surface area contributed by atoms with E-state index in [9.17, 15) is 0 Å². The third-order valence-corrected chi connectivity index (χ3v) is 28.6. The van der Waals surface area contributed by atoms with E-state index in [2.05, 4.69) is 149 Å². The summed E-state index contributed by atoms with van der Waals surface area (Å²) in [7, 11) is 0. The summed E-state index contributed by atoms with van der Waals surface area (Å²) < 4.78 is 7.45.